The summed E-state index contributed by atoms with van der Waals surface area (Å²) in [5, 5.41) is 0. The van der Waals surface area contributed by atoms with Gasteiger partial charge in [-0.1, -0.05) is 42.5 Å². The highest BCUT2D eigenvalue weighted by molar-refractivity contribution is 5.79. The first kappa shape index (κ1) is 21.0. The first-order valence-corrected chi connectivity index (χ1v) is 11.1. The molecule has 2 aromatic carbocycles. The van der Waals surface area contributed by atoms with Crippen LogP contribution in [-0.2, 0) is 17.8 Å². The number of aromatic nitrogens is 2. The predicted octanol–water partition coefficient (Wildman–Crippen LogP) is 2.52. The molecule has 2 aliphatic rings. The maximum Gasteiger partial charge on any atom is 0.257 e. The van der Waals surface area contributed by atoms with Crippen LogP contribution >= 0.6 is 0 Å². The number of carbonyl (C=O) groups excluding carboxylic acids is 1. The number of benzene rings is 2. The molecule has 0 spiro atoms. The normalized spacial score (nSPS) is 17.1. The average Bonchev–Trinajstić information content (AvgIpc) is 2.96. The highest BCUT2D eigenvalue weighted by atomic mass is 79.9. The molecule has 1 aliphatic heterocycles. The van der Waals surface area contributed by atoms with Gasteiger partial charge in [0.25, 0.3) is 5.82 Å². The zero-order valence-corrected chi connectivity index (χ0v) is 19.0. The zero-order valence-electron chi connectivity index (χ0n) is 17.4. The molecule has 3 nitrogen and oxygen atoms in total. The van der Waals surface area contributed by atoms with Crippen molar-refractivity contribution in [2.24, 2.45) is 0 Å². The van der Waals surface area contributed by atoms with E-state index in [4.69, 9.17) is 0 Å². The molecular weight excluding hydrogens is 436 g/mol. The molecule has 0 atom stereocenters. The lowest BCUT2D eigenvalue weighted by Crippen LogP contribution is -3.00. The third-order valence-corrected chi connectivity index (χ3v) is 6.64. The number of imidazole rings is 1. The Morgan fingerprint density at radius 2 is 1.43 bits per heavy atom. The van der Waals surface area contributed by atoms with Gasteiger partial charge in [0.1, 0.15) is 18.0 Å². The Labute approximate surface area is 189 Å². The minimum Gasteiger partial charge on any atom is -1.00 e. The van der Waals surface area contributed by atoms with Gasteiger partial charge in [-0.15, -0.1) is 0 Å². The Morgan fingerprint density at radius 3 is 2.17 bits per heavy atom. The second-order valence-electron chi connectivity index (χ2n) is 8.51. The number of hydrogen-bond acceptors (Lipinski definition) is 1. The van der Waals surface area contributed by atoms with Gasteiger partial charge in [0.15, 0.2) is 5.69 Å². The minimum absolute atomic E-state index is 0. The smallest absolute Gasteiger partial charge is 0.257 e. The van der Waals surface area contributed by atoms with E-state index in [2.05, 4.69) is 69.9 Å². The maximum atomic E-state index is 11.7. The van der Waals surface area contributed by atoms with Crippen LogP contribution in [0.4, 0.5) is 0 Å². The Morgan fingerprint density at radius 1 is 0.767 bits per heavy atom. The quantitative estimate of drug-likeness (QED) is 0.546. The number of hydrogen-bond donors (Lipinski definition) is 0. The van der Waals surface area contributed by atoms with Crippen molar-refractivity contribution in [1.82, 2.24) is 4.57 Å². The van der Waals surface area contributed by atoms with Crippen LogP contribution in [0, 0.1) is 0 Å². The number of rotatable bonds is 3. The van der Waals surface area contributed by atoms with Gasteiger partial charge in [-0.25, -0.2) is 9.13 Å². The molecule has 0 saturated heterocycles. The standard InChI is InChI=1S/C26H29N2O.BrH/c29-24-16-14-23(15-17-24)28-19-25(27-18-6-2-5-9-26(27)28)22-12-10-21(11-13-22)20-7-3-1-4-8-20;/h1,3-4,7-8,10-13,19,23H,2,5-6,9,14-18H2;1H/q+1;/p-1. The highest BCUT2D eigenvalue weighted by Crippen LogP contribution is 2.30. The van der Waals surface area contributed by atoms with Crippen LogP contribution in [0.15, 0.2) is 60.8 Å². The van der Waals surface area contributed by atoms with E-state index >= 15 is 0 Å². The maximum absolute atomic E-state index is 11.7. The number of nitrogens with zero attached hydrogens (tertiary/aromatic N) is 2. The summed E-state index contributed by atoms with van der Waals surface area (Å²) in [5.74, 6) is 1.90. The fourth-order valence-corrected chi connectivity index (χ4v) is 5.01. The molecule has 30 heavy (non-hydrogen) atoms. The van der Waals surface area contributed by atoms with Crippen molar-refractivity contribution in [3.05, 3.63) is 66.6 Å². The molecule has 4 heteroatoms. The topological polar surface area (TPSA) is 25.9 Å². The number of ketones is 1. The third-order valence-electron chi connectivity index (χ3n) is 6.64. The van der Waals surface area contributed by atoms with Gasteiger partial charge < -0.3 is 17.0 Å². The molecule has 1 aromatic heterocycles. The van der Waals surface area contributed by atoms with Gasteiger partial charge in [-0.05, 0) is 55.4 Å². The Kier molecular flexibility index (Phi) is 6.52. The van der Waals surface area contributed by atoms with Gasteiger partial charge in [-0.2, -0.15) is 0 Å². The van der Waals surface area contributed by atoms with E-state index in [1.54, 1.807) is 0 Å². The fourth-order valence-electron chi connectivity index (χ4n) is 5.01. The number of halogens is 1. The molecule has 0 amide bonds. The zero-order chi connectivity index (χ0) is 19.6. The molecule has 5 rings (SSSR count). The van der Waals surface area contributed by atoms with Crippen molar-refractivity contribution in [3.63, 3.8) is 0 Å². The first-order chi connectivity index (χ1) is 14.3. The molecule has 1 saturated carbocycles. The SMILES string of the molecule is O=C1CCC([n+]2cc(-c3ccc(-c4ccccc4)cc3)n3c2CCCCC3)CC1.[Br-]. The average molecular weight is 465 g/mol. The summed E-state index contributed by atoms with van der Waals surface area (Å²) in [5.41, 5.74) is 5.14. The molecule has 1 aliphatic carbocycles. The second-order valence-corrected chi connectivity index (χ2v) is 8.51. The lowest BCUT2D eigenvalue weighted by molar-refractivity contribution is -0.731. The van der Waals surface area contributed by atoms with Crippen LogP contribution in [0.5, 0.6) is 0 Å². The van der Waals surface area contributed by atoms with Crippen LogP contribution in [0.3, 0.4) is 0 Å². The first-order valence-electron chi connectivity index (χ1n) is 11.1. The predicted molar refractivity (Wildman–Crippen MR) is 116 cm³/mol. The lowest BCUT2D eigenvalue weighted by atomic mass is 9.94. The van der Waals surface area contributed by atoms with Crippen molar-refractivity contribution < 1.29 is 26.3 Å². The molecule has 156 valence electrons. The summed E-state index contributed by atoms with van der Waals surface area (Å²) in [4.78, 5) is 11.7. The van der Waals surface area contributed by atoms with Gasteiger partial charge in [-0.3, -0.25) is 4.79 Å². The minimum atomic E-state index is 0. The van der Waals surface area contributed by atoms with Crippen molar-refractivity contribution in [2.45, 2.75) is 64.0 Å². The molecule has 0 radical (unpaired) electrons. The molecule has 3 aromatic rings. The summed E-state index contributed by atoms with van der Waals surface area (Å²) in [6.45, 7) is 1.10. The highest BCUT2D eigenvalue weighted by Gasteiger charge is 2.32. The summed E-state index contributed by atoms with van der Waals surface area (Å²) in [6, 6.07) is 20.1. The molecule has 2 heterocycles. The number of carbonyl (C=O) groups is 1. The summed E-state index contributed by atoms with van der Waals surface area (Å²) >= 11 is 0. The van der Waals surface area contributed by atoms with Crippen LogP contribution in [-0.4, -0.2) is 10.4 Å². The van der Waals surface area contributed by atoms with Gasteiger partial charge in [0, 0.05) is 24.8 Å². The van der Waals surface area contributed by atoms with Crippen LogP contribution < -0.4 is 21.5 Å². The van der Waals surface area contributed by atoms with E-state index < -0.39 is 0 Å². The van der Waals surface area contributed by atoms with Gasteiger partial charge >= 0.3 is 0 Å². The van der Waals surface area contributed by atoms with Crippen molar-refractivity contribution in [2.75, 3.05) is 0 Å². The number of Topliss-reactive ketones (excluding diaryl/α,β-unsaturated/α-hetero) is 1. The lowest BCUT2D eigenvalue weighted by Gasteiger charge is -2.19. The monoisotopic (exact) mass is 464 g/mol. The van der Waals surface area contributed by atoms with Crippen LogP contribution in [0.2, 0.25) is 0 Å². The Hall–Kier alpha value is -2.20. The van der Waals surface area contributed by atoms with Crippen molar-refractivity contribution >= 4 is 5.78 Å². The van der Waals surface area contributed by atoms with Gasteiger partial charge in [0.2, 0.25) is 0 Å². The van der Waals surface area contributed by atoms with E-state index in [-0.39, 0.29) is 17.0 Å². The van der Waals surface area contributed by atoms with Gasteiger partial charge in [0.05, 0.1) is 6.54 Å². The van der Waals surface area contributed by atoms with E-state index in [1.165, 1.54) is 47.5 Å². The molecule has 0 bridgehead atoms. The van der Waals surface area contributed by atoms with E-state index in [0.29, 0.717) is 11.8 Å². The summed E-state index contributed by atoms with van der Waals surface area (Å²) in [7, 11) is 0. The molecule has 0 unspecified atom stereocenters. The third kappa shape index (κ3) is 4.15. The van der Waals surface area contributed by atoms with Crippen molar-refractivity contribution in [1.29, 1.82) is 0 Å². The Bertz CT molecular complexity index is 998. The van der Waals surface area contributed by atoms with Crippen LogP contribution in [0.1, 0.15) is 56.8 Å². The second kappa shape index (κ2) is 9.30. The molecule has 1 fully saturated rings. The summed E-state index contributed by atoms with van der Waals surface area (Å²) < 4.78 is 5.08. The van der Waals surface area contributed by atoms with Crippen molar-refractivity contribution in [3.8, 4) is 22.4 Å². The molecular formula is C26H29BrN2O. The largest absolute Gasteiger partial charge is 1.00 e. The van der Waals surface area contributed by atoms with Crippen LogP contribution in [0.25, 0.3) is 22.4 Å². The van der Waals surface area contributed by atoms with E-state index in [1.807, 2.05) is 0 Å². The fraction of sp³-hybridized carbons (Fsp3) is 0.385. The van der Waals surface area contributed by atoms with E-state index in [9.17, 15) is 4.79 Å². The number of fused-ring (bicyclic) bond motifs is 1. The Balaban J connectivity index is 0.00000218. The summed E-state index contributed by atoms with van der Waals surface area (Å²) in [6.07, 6.45) is 10.8. The molecule has 0 N–H and O–H groups in total. The van der Waals surface area contributed by atoms with E-state index in [0.717, 1.165) is 38.6 Å².